The van der Waals surface area contributed by atoms with Crippen LogP contribution in [0.15, 0.2) is 11.6 Å². The summed E-state index contributed by atoms with van der Waals surface area (Å²) in [5.41, 5.74) is 1.64. The Labute approximate surface area is 70.7 Å². The third-order valence-corrected chi connectivity index (χ3v) is 2.97. The Morgan fingerprint density at radius 1 is 1.45 bits per heavy atom. The van der Waals surface area contributed by atoms with Crippen molar-refractivity contribution >= 4 is 0 Å². The molecule has 0 unspecified atom stereocenters. The Bertz CT molecular complexity index is 144. The fraction of sp³-hybridized carbons (Fsp3) is 0.818. The molecule has 1 aliphatic rings. The molecule has 64 valence electrons. The largest absolute Gasteiger partial charge is 0.0856 e. The Hall–Kier alpha value is -0.260. The normalized spacial score (nSPS) is 32.8. The lowest BCUT2D eigenvalue weighted by atomic mass is 9.90. The topological polar surface area (TPSA) is 0 Å². The lowest BCUT2D eigenvalue weighted by Crippen LogP contribution is -2.04. The molecule has 2 atom stereocenters. The molecule has 0 aromatic carbocycles. The molecular weight excluding hydrogens is 132 g/mol. The van der Waals surface area contributed by atoms with Gasteiger partial charge in [0.15, 0.2) is 0 Å². The molecule has 1 rings (SSSR count). The molecule has 0 aliphatic heterocycles. The molecule has 0 bridgehead atoms. The third kappa shape index (κ3) is 2.08. The number of rotatable bonds is 2. The van der Waals surface area contributed by atoms with Crippen molar-refractivity contribution in [1.82, 2.24) is 0 Å². The highest BCUT2D eigenvalue weighted by atomic mass is 14.3. The van der Waals surface area contributed by atoms with Crippen molar-refractivity contribution in [2.75, 3.05) is 0 Å². The summed E-state index contributed by atoms with van der Waals surface area (Å²) in [6.45, 7) is 6.92. The van der Waals surface area contributed by atoms with Crippen LogP contribution in [0.4, 0.5) is 0 Å². The van der Waals surface area contributed by atoms with Gasteiger partial charge in [0.05, 0.1) is 0 Å². The minimum Gasteiger partial charge on any atom is -0.0856 e. The van der Waals surface area contributed by atoms with Gasteiger partial charge in [-0.25, -0.2) is 0 Å². The predicted molar refractivity (Wildman–Crippen MR) is 50.6 cm³/mol. The second-order valence-corrected chi connectivity index (χ2v) is 3.87. The van der Waals surface area contributed by atoms with Crippen LogP contribution in [0.25, 0.3) is 0 Å². The highest BCUT2D eigenvalue weighted by Crippen LogP contribution is 2.36. The van der Waals surface area contributed by atoms with Gasteiger partial charge in [-0.05, 0) is 31.6 Å². The molecule has 1 aliphatic carbocycles. The first-order chi connectivity index (χ1) is 5.25. The van der Waals surface area contributed by atoms with E-state index in [2.05, 4.69) is 26.8 Å². The summed E-state index contributed by atoms with van der Waals surface area (Å²) in [5, 5.41) is 0. The van der Waals surface area contributed by atoms with E-state index < -0.39 is 0 Å². The summed E-state index contributed by atoms with van der Waals surface area (Å²) in [4.78, 5) is 0. The van der Waals surface area contributed by atoms with Crippen molar-refractivity contribution in [1.29, 1.82) is 0 Å². The van der Waals surface area contributed by atoms with Crippen molar-refractivity contribution in [3.05, 3.63) is 11.6 Å². The minimum absolute atomic E-state index is 0.912. The quantitative estimate of drug-likeness (QED) is 0.528. The standard InChI is InChI=1S/C11H20/c1-4-6-9(2)11-8-5-7-10(11)3/h6,10-11H,4-5,7-8H2,1-3H3/b9-6+/t10-,11-/m1/s1. The molecule has 0 spiro atoms. The molecule has 0 heterocycles. The van der Waals surface area contributed by atoms with Gasteiger partial charge in [0.1, 0.15) is 0 Å². The fourth-order valence-electron chi connectivity index (χ4n) is 2.30. The Kier molecular flexibility index (Phi) is 3.16. The van der Waals surface area contributed by atoms with Crippen molar-refractivity contribution in [2.24, 2.45) is 11.8 Å². The first-order valence-electron chi connectivity index (χ1n) is 4.92. The molecule has 1 fully saturated rings. The van der Waals surface area contributed by atoms with Crippen LogP contribution in [0, 0.1) is 11.8 Å². The maximum Gasteiger partial charge on any atom is -0.0180 e. The van der Waals surface area contributed by atoms with Gasteiger partial charge in [-0.2, -0.15) is 0 Å². The molecule has 0 amide bonds. The van der Waals surface area contributed by atoms with Crippen molar-refractivity contribution in [3.8, 4) is 0 Å². The summed E-state index contributed by atoms with van der Waals surface area (Å²) < 4.78 is 0. The van der Waals surface area contributed by atoms with Crippen LogP contribution in [0.1, 0.15) is 46.5 Å². The van der Waals surface area contributed by atoms with Crippen LogP contribution in [0.5, 0.6) is 0 Å². The molecule has 0 N–H and O–H groups in total. The molecule has 0 heteroatoms. The highest BCUT2D eigenvalue weighted by Gasteiger charge is 2.23. The number of hydrogen-bond acceptors (Lipinski definition) is 0. The average Bonchev–Trinajstić information content (AvgIpc) is 2.36. The van der Waals surface area contributed by atoms with Crippen LogP contribution in [-0.4, -0.2) is 0 Å². The summed E-state index contributed by atoms with van der Waals surface area (Å²) in [6.07, 6.45) is 7.92. The van der Waals surface area contributed by atoms with Gasteiger partial charge in [-0.1, -0.05) is 38.3 Å². The molecule has 0 aromatic heterocycles. The molecular formula is C11H20. The van der Waals surface area contributed by atoms with Gasteiger partial charge in [-0.15, -0.1) is 0 Å². The van der Waals surface area contributed by atoms with E-state index in [0.29, 0.717) is 0 Å². The summed E-state index contributed by atoms with van der Waals surface area (Å²) in [6, 6.07) is 0. The van der Waals surface area contributed by atoms with E-state index >= 15 is 0 Å². The second kappa shape index (κ2) is 3.94. The van der Waals surface area contributed by atoms with Gasteiger partial charge < -0.3 is 0 Å². The Morgan fingerprint density at radius 3 is 2.64 bits per heavy atom. The van der Waals surface area contributed by atoms with E-state index in [9.17, 15) is 0 Å². The molecule has 1 saturated carbocycles. The fourth-order valence-corrected chi connectivity index (χ4v) is 2.30. The first-order valence-corrected chi connectivity index (χ1v) is 4.92. The Balaban J connectivity index is 2.52. The van der Waals surface area contributed by atoms with Gasteiger partial charge in [0, 0.05) is 0 Å². The van der Waals surface area contributed by atoms with E-state index in [-0.39, 0.29) is 0 Å². The molecule has 0 aromatic rings. The van der Waals surface area contributed by atoms with E-state index in [4.69, 9.17) is 0 Å². The number of hydrogen-bond donors (Lipinski definition) is 0. The lowest BCUT2D eigenvalue weighted by Gasteiger charge is -2.15. The third-order valence-electron chi connectivity index (χ3n) is 2.97. The van der Waals surface area contributed by atoms with E-state index in [1.165, 1.54) is 25.7 Å². The SMILES string of the molecule is CC/C=C(\C)[C@H]1CCC[C@H]1C. The average molecular weight is 152 g/mol. The van der Waals surface area contributed by atoms with Crippen LogP contribution < -0.4 is 0 Å². The maximum absolute atomic E-state index is 2.40. The van der Waals surface area contributed by atoms with Crippen LogP contribution >= 0.6 is 0 Å². The first kappa shape index (κ1) is 8.83. The Morgan fingerprint density at radius 2 is 2.18 bits per heavy atom. The van der Waals surface area contributed by atoms with Gasteiger partial charge >= 0.3 is 0 Å². The monoisotopic (exact) mass is 152 g/mol. The van der Waals surface area contributed by atoms with Crippen LogP contribution in [0.2, 0.25) is 0 Å². The van der Waals surface area contributed by atoms with E-state index in [0.717, 1.165) is 11.8 Å². The molecule has 11 heavy (non-hydrogen) atoms. The lowest BCUT2D eigenvalue weighted by molar-refractivity contribution is 0.478. The van der Waals surface area contributed by atoms with Crippen LogP contribution in [0.3, 0.4) is 0 Å². The van der Waals surface area contributed by atoms with Crippen molar-refractivity contribution < 1.29 is 0 Å². The summed E-state index contributed by atoms with van der Waals surface area (Å²) >= 11 is 0. The highest BCUT2D eigenvalue weighted by molar-refractivity contribution is 5.06. The summed E-state index contributed by atoms with van der Waals surface area (Å²) in [7, 11) is 0. The maximum atomic E-state index is 2.40. The van der Waals surface area contributed by atoms with E-state index in [1.54, 1.807) is 5.57 Å². The second-order valence-electron chi connectivity index (χ2n) is 3.87. The molecule has 0 nitrogen and oxygen atoms in total. The van der Waals surface area contributed by atoms with Crippen molar-refractivity contribution in [2.45, 2.75) is 46.5 Å². The zero-order chi connectivity index (χ0) is 8.27. The predicted octanol–water partition coefficient (Wildman–Crippen LogP) is 3.78. The van der Waals surface area contributed by atoms with E-state index in [1.807, 2.05) is 0 Å². The van der Waals surface area contributed by atoms with Gasteiger partial charge in [-0.3, -0.25) is 0 Å². The zero-order valence-electron chi connectivity index (χ0n) is 8.06. The molecule has 0 saturated heterocycles. The van der Waals surface area contributed by atoms with Crippen molar-refractivity contribution in [3.63, 3.8) is 0 Å². The van der Waals surface area contributed by atoms with Gasteiger partial charge in [0.25, 0.3) is 0 Å². The number of allylic oxidation sites excluding steroid dienone is 2. The van der Waals surface area contributed by atoms with Gasteiger partial charge in [0.2, 0.25) is 0 Å². The van der Waals surface area contributed by atoms with Crippen LogP contribution in [-0.2, 0) is 0 Å². The zero-order valence-corrected chi connectivity index (χ0v) is 8.06. The smallest absolute Gasteiger partial charge is 0.0180 e. The summed E-state index contributed by atoms with van der Waals surface area (Å²) in [5.74, 6) is 1.85. The minimum atomic E-state index is 0.912. The molecule has 0 radical (unpaired) electrons.